The SMILES string of the molecule is [B]c1ccc(C#N)cn1. The summed E-state index contributed by atoms with van der Waals surface area (Å²) in [6.45, 7) is 0. The monoisotopic (exact) mass is 114 g/mol. The molecular formula is C6H3BN2. The number of hydrogen-bond donors (Lipinski definition) is 0. The standard InChI is InChI=1S/C6H3BN2/c7-6-2-1-5(3-8)4-9-6/h1-2,4H. The van der Waals surface area contributed by atoms with Gasteiger partial charge in [0, 0.05) is 6.20 Å². The van der Waals surface area contributed by atoms with Crippen LogP contribution < -0.4 is 5.59 Å². The Balaban J connectivity index is 3.06. The second kappa shape index (κ2) is 2.32. The Bertz CT molecular complexity index is 234. The van der Waals surface area contributed by atoms with Gasteiger partial charge in [-0.05, 0) is 11.7 Å². The van der Waals surface area contributed by atoms with Crippen molar-refractivity contribution >= 4 is 13.4 Å². The molecular weight excluding hydrogens is 111 g/mol. The average molecular weight is 114 g/mol. The molecule has 0 bridgehead atoms. The molecule has 0 saturated heterocycles. The van der Waals surface area contributed by atoms with E-state index < -0.39 is 0 Å². The van der Waals surface area contributed by atoms with E-state index in [-0.39, 0.29) is 0 Å². The lowest BCUT2D eigenvalue weighted by molar-refractivity contribution is 1.35. The Morgan fingerprint density at radius 1 is 1.56 bits per heavy atom. The number of pyridine rings is 1. The first-order chi connectivity index (χ1) is 4.33. The second-order valence-electron chi connectivity index (χ2n) is 1.58. The Morgan fingerprint density at radius 3 is 2.78 bits per heavy atom. The van der Waals surface area contributed by atoms with E-state index in [0.717, 1.165) is 0 Å². The molecule has 0 aliphatic rings. The van der Waals surface area contributed by atoms with Crippen molar-refractivity contribution in [3.05, 3.63) is 23.9 Å². The Morgan fingerprint density at radius 2 is 2.33 bits per heavy atom. The molecule has 1 rings (SSSR count). The van der Waals surface area contributed by atoms with Crippen LogP contribution in [0.15, 0.2) is 18.3 Å². The lowest BCUT2D eigenvalue weighted by Crippen LogP contribution is -2.05. The van der Waals surface area contributed by atoms with Crippen LogP contribution in [0.3, 0.4) is 0 Å². The fourth-order valence-corrected chi connectivity index (χ4v) is 0.471. The third-order valence-corrected chi connectivity index (χ3v) is 0.915. The van der Waals surface area contributed by atoms with Crippen molar-refractivity contribution in [1.82, 2.24) is 4.98 Å². The number of aromatic nitrogens is 1. The van der Waals surface area contributed by atoms with Crippen molar-refractivity contribution in [3.8, 4) is 6.07 Å². The predicted octanol–water partition coefficient (Wildman–Crippen LogP) is -0.253. The van der Waals surface area contributed by atoms with Gasteiger partial charge >= 0.3 is 0 Å². The third-order valence-electron chi connectivity index (χ3n) is 0.915. The summed E-state index contributed by atoms with van der Waals surface area (Å²) in [5.41, 5.74) is 0.971. The highest BCUT2D eigenvalue weighted by molar-refractivity contribution is 6.30. The summed E-state index contributed by atoms with van der Waals surface area (Å²) >= 11 is 0. The average Bonchev–Trinajstić information content (AvgIpc) is 1.90. The van der Waals surface area contributed by atoms with E-state index in [2.05, 4.69) is 4.98 Å². The minimum atomic E-state index is 0.439. The van der Waals surface area contributed by atoms with Crippen molar-refractivity contribution in [2.24, 2.45) is 0 Å². The molecule has 0 amide bonds. The molecule has 0 aliphatic heterocycles. The fourth-order valence-electron chi connectivity index (χ4n) is 0.471. The number of nitriles is 1. The zero-order valence-corrected chi connectivity index (χ0v) is 4.70. The lowest BCUT2D eigenvalue weighted by atomic mass is 10.0. The van der Waals surface area contributed by atoms with Gasteiger partial charge in [0.2, 0.25) is 0 Å². The van der Waals surface area contributed by atoms with Gasteiger partial charge in [-0.1, -0.05) is 6.07 Å². The molecule has 2 radical (unpaired) electrons. The molecule has 3 heteroatoms. The Hall–Kier alpha value is -1.30. The Kier molecular flexibility index (Phi) is 1.50. The highest BCUT2D eigenvalue weighted by atomic mass is 14.6. The molecule has 0 unspecified atom stereocenters. The molecule has 1 heterocycles. The zero-order chi connectivity index (χ0) is 6.69. The van der Waals surface area contributed by atoms with E-state index >= 15 is 0 Å². The maximum Gasteiger partial charge on any atom is 0.141 e. The third kappa shape index (κ3) is 1.30. The van der Waals surface area contributed by atoms with E-state index in [1.165, 1.54) is 6.20 Å². The first-order valence-corrected chi connectivity index (χ1v) is 2.44. The normalized spacial score (nSPS) is 8.33. The van der Waals surface area contributed by atoms with Crippen molar-refractivity contribution in [2.75, 3.05) is 0 Å². The van der Waals surface area contributed by atoms with Gasteiger partial charge in [0.05, 0.1) is 5.56 Å². The molecule has 1 aromatic heterocycles. The molecule has 0 spiro atoms. The summed E-state index contributed by atoms with van der Waals surface area (Å²) in [7, 11) is 5.26. The first-order valence-electron chi connectivity index (χ1n) is 2.44. The van der Waals surface area contributed by atoms with Crippen LogP contribution in [0.25, 0.3) is 0 Å². The maximum atomic E-state index is 8.30. The largest absolute Gasteiger partial charge is 0.272 e. The molecule has 0 aliphatic carbocycles. The van der Waals surface area contributed by atoms with Gasteiger partial charge < -0.3 is 0 Å². The van der Waals surface area contributed by atoms with E-state index in [9.17, 15) is 0 Å². The minimum absolute atomic E-state index is 0.439. The summed E-state index contributed by atoms with van der Waals surface area (Å²) in [6, 6.07) is 5.16. The van der Waals surface area contributed by atoms with E-state index in [4.69, 9.17) is 13.1 Å². The Labute approximate surface area is 54.6 Å². The van der Waals surface area contributed by atoms with Gasteiger partial charge in [-0.25, -0.2) is 0 Å². The number of nitrogens with zero attached hydrogens (tertiary/aromatic N) is 2. The number of rotatable bonds is 0. The minimum Gasteiger partial charge on any atom is -0.272 e. The molecule has 2 nitrogen and oxygen atoms in total. The molecule has 0 saturated carbocycles. The molecule has 0 aromatic carbocycles. The van der Waals surface area contributed by atoms with Crippen LogP contribution in [0, 0.1) is 11.3 Å². The van der Waals surface area contributed by atoms with E-state index in [1.807, 2.05) is 6.07 Å². The maximum absolute atomic E-state index is 8.30. The van der Waals surface area contributed by atoms with Gasteiger partial charge in [-0.2, -0.15) is 5.26 Å². The van der Waals surface area contributed by atoms with Crippen molar-refractivity contribution in [3.63, 3.8) is 0 Å². The van der Waals surface area contributed by atoms with Gasteiger partial charge in [0.1, 0.15) is 13.9 Å². The van der Waals surface area contributed by atoms with Crippen LogP contribution in [0.5, 0.6) is 0 Å². The smallest absolute Gasteiger partial charge is 0.141 e. The van der Waals surface area contributed by atoms with Gasteiger partial charge in [-0.15, -0.1) is 0 Å². The highest BCUT2D eigenvalue weighted by Crippen LogP contribution is 1.87. The first kappa shape index (κ1) is 5.83. The number of hydrogen-bond acceptors (Lipinski definition) is 2. The lowest BCUT2D eigenvalue weighted by Gasteiger charge is -1.87. The second-order valence-corrected chi connectivity index (χ2v) is 1.58. The zero-order valence-electron chi connectivity index (χ0n) is 4.70. The summed E-state index contributed by atoms with van der Waals surface area (Å²) in [4.78, 5) is 3.71. The summed E-state index contributed by atoms with van der Waals surface area (Å²) in [5.74, 6) is 0. The molecule has 40 valence electrons. The van der Waals surface area contributed by atoms with E-state index in [1.54, 1.807) is 12.1 Å². The predicted molar refractivity (Wildman–Crippen MR) is 34.3 cm³/mol. The van der Waals surface area contributed by atoms with Crippen LogP contribution in [-0.2, 0) is 0 Å². The van der Waals surface area contributed by atoms with Crippen molar-refractivity contribution in [2.45, 2.75) is 0 Å². The van der Waals surface area contributed by atoms with Crippen LogP contribution in [0.1, 0.15) is 5.56 Å². The van der Waals surface area contributed by atoms with Crippen molar-refractivity contribution < 1.29 is 0 Å². The fraction of sp³-hybridized carbons (Fsp3) is 0. The van der Waals surface area contributed by atoms with Gasteiger partial charge in [0.15, 0.2) is 0 Å². The van der Waals surface area contributed by atoms with Crippen LogP contribution in [0.4, 0.5) is 0 Å². The molecule has 0 fully saturated rings. The quantitative estimate of drug-likeness (QED) is 0.436. The molecule has 1 aromatic rings. The summed E-state index contributed by atoms with van der Waals surface area (Å²) < 4.78 is 0. The van der Waals surface area contributed by atoms with E-state index in [0.29, 0.717) is 11.2 Å². The van der Waals surface area contributed by atoms with Crippen LogP contribution >= 0.6 is 0 Å². The topological polar surface area (TPSA) is 36.7 Å². The van der Waals surface area contributed by atoms with Crippen LogP contribution in [-0.4, -0.2) is 12.8 Å². The van der Waals surface area contributed by atoms with Gasteiger partial charge in [-0.3, -0.25) is 4.98 Å². The molecule has 0 atom stereocenters. The molecule has 9 heavy (non-hydrogen) atoms. The van der Waals surface area contributed by atoms with Crippen LogP contribution in [0.2, 0.25) is 0 Å². The summed E-state index contributed by atoms with van der Waals surface area (Å²) in [5, 5.41) is 8.30. The van der Waals surface area contributed by atoms with Crippen molar-refractivity contribution in [1.29, 1.82) is 5.26 Å². The van der Waals surface area contributed by atoms with Gasteiger partial charge in [0.25, 0.3) is 0 Å². The molecule has 0 N–H and O–H groups in total. The highest BCUT2D eigenvalue weighted by Gasteiger charge is 1.86. The summed E-state index contributed by atoms with van der Waals surface area (Å²) in [6.07, 6.45) is 1.44.